The van der Waals surface area contributed by atoms with Gasteiger partial charge < -0.3 is 4.90 Å². The van der Waals surface area contributed by atoms with E-state index in [0.717, 1.165) is 25.9 Å². The van der Waals surface area contributed by atoms with Crippen LogP contribution in [0.15, 0.2) is 34.2 Å². The molecule has 1 aromatic carbocycles. The lowest BCUT2D eigenvalue weighted by Crippen LogP contribution is -2.42. The minimum absolute atomic E-state index is 0.0137. The largest absolute Gasteiger partial charge is 0.342 e. The maximum absolute atomic E-state index is 12.9. The van der Waals surface area contributed by atoms with Gasteiger partial charge in [-0.05, 0) is 51.7 Å². The van der Waals surface area contributed by atoms with E-state index in [0.29, 0.717) is 22.0 Å². The van der Waals surface area contributed by atoms with Gasteiger partial charge in [0.2, 0.25) is 5.91 Å². The number of carbonyl (C=O) groups excluding carboxylic acids is 1. The molecule has 140 valence electrons. The normalized spacial score (nSPS) is 17.0. The third kappa shape index (κ3) is 3.80. The Kier molecular flexibility index (Phi) is 5.70. The predicted octanol–water partition coefficient (Wildman–Crippen LogP) is 3.72. The van der Waals surface area contributed by atoms with Crippen LogP contribution in [0.25, 0.3) is 10.9 Å². The fourth-order valence-electron chi connectivity index (χ4n) is 3.36. The molecule has 0 N–H and O–H groups in total. The molecule has 2 heterocycles. The number of rotatable bonds is 4. The van der Waals surface area contributed by atoms with Crippen LogP contribution in [0.2, 0.25) is 0 Å². The standard InChI is InChI=1S/C20H27N3O2S/c1-13(2)23-19(25)16-7-5-6-8-17(16)21-20(23)26-15(4)18(24)22-11-9-14(3)10-12-22/h5-8,13-15H,9-12H2,1-4H3/t15-/m0/s1. The molecule has 0 bridgehead atoms. The first kappa shape index (κ1) is 19.0. The third-order valence-corrected chi connectivity index (χ3v) is 6.07. The molecule has 3 rings (SSSR count). The number of hydrogen-bond acceptors (Lipinski definition) is 4. The lowest BCUT2D eigenvalue weighted by Gasteiger charge is -2.32. The summed E-state index contributed by atoms with van der Waals surface area (Å²) in [6.45, 7) is 9.75. The molecule has 1 atom stereocenters. The first-order valence-corrected chi connectivity index (χ1v) is 10.2. The minimum Gasteiger partial charge on any atom is -0.342 e. The first-order chi connectivity index (χ1) is 12.4. The number of thioether (sulfide) groups is 1. The van der Waals surface area contributed by atoms with Crippen molar-refractivity contribution in [3.8, 4) is 0 Å². The Morgan fingerprint density at radius 3 is 2.50 bits per heavy atom. The molecule has 1 saturated heterocycles. The molecule has 6 heteroatoms. The smallest absolute Gasteiger partial charge is 0.262 e. The molecule has 1 aliphatic heterocycles. The zero-order valence-electron chi connectivity index (χ0n) is 15.9. The van der Waals surface area contributed by atoms with E-state index in [-0.39, 0.29) is 22.8 Å². The monoisotopic (exact) mass is 373 g/mol. The lowest BCUT2D eigenvalue weighted by molar-refractivity contribution is -0.131. The summed E-state index contributed by atoms with van der Waals surface area (Å²) in [4.78, 5) is 32.4. The number of aromatic nitrogens is 2. The summed E-state index contributed by atoms with van der Waals surface area (Å²) in [7, 11) is 0. The molecular weight excluding hydrogens is 346 g/mol. The van der Waals surface area contributed by atoms with Crippen LogP contribution in [0, 0.1) is 5.92 Å². The van der Waals surface area contributed by atoms with Gasteiger partial charge in [-0.1, -0.05) is 30.8 Å². The summed E-state index contributed by atoms with van der Waals surface area (Å²) < 4.78 is 1.70. The number of piperidine rings is 1. The van der Waals surface area contributed by atoms with E-state index in [2.05, 4.69) is 6.92 Å². The topological polar surface area (TPSA) is 55.2 Å². The molecule has 1 fully saturated rings. The van der Waals surface area contributed by atoms with Gasteiger partial charge in [-0.3, -0.25) is 14.2 Å². The molecule has 1 aromatic heterocycles. The highest BCUT2D eigenvalue weighted by molar-refractivity contribution is 8.00. The zero-order chi connectivity index (χ0) is 18.8. The average Bonchev–Trinajstić information content (AvgIpc) is 2.61. The summed E-state index contributed by atoms with van der Waals surface area (Å²) in [5.41, 5.74) is 0.642. The van der Waals surface area contributed by atoms with Gasteiger partial charge in [-0.25, -0.2) is 4.98 Å². The molecule has 5 nitrogen and oxygen atoms in total. The molecule has 0 saturated carbocycles. The lowest BCUT2D eigenvalue weighted by atomic mass is 9.99. The minimum atomic E-state index is -0.263. The van der Waals surface area contributed by atoms with Crippen LogP contribution in [0.1, 0.15) is 46.6 Å². The fourth-order valence-corrected chi connectivity index (χ4v) is 4.48. The van der Waals surface area contributed by atoms with Crippen molar-refractivity contribution >= 4 is 28.6 Å². The van der Waals surface area contributed by atoms with Crippen LogP contribution in [0.4, 0.5) is 0 Å². The van der Waals surface area contributed by atoms with Crippen LogP contribution in [0.3, 0.4) is 0 Å². The summed E-state index contributed by atoms with van der Waals surface area (Å²) in [5, 5.41) is 0.978. The Balaban J connectivity index is 1.88. The Labute approximate surface area is 158 Å². The summed E-state index contributed by atoms with van der Waals surface area (Å²) in [6, 6.07) is 7.38. The van der Waals surface area contributed by atoms with E-state index < -0.39 is 0 Å². The quantitative estimate of drug-likeness (QED) is 0.605. The van der Waals surface area contributed by atoms with Gasteiger partial charge in [-0.15, -0.1) is 0 Å². The maximum atomic E-state index is 12.9. The number of nitrogens with zero attached hydrogens (tertiary/aromatic N) is 3. The molecule has 26 heavy (non-hydrogen) atoms. The number of fused-ring (bicyclic) bond motifs is 1. The molecule has 0 radical (unpaired) electrons. The van der Waals surface area contributed by atoms with E-state index in [1.807, 2.05) is 49.9 Å². The maximum Gasteiger partial charge on any atom is 0.262 e. The van der Waals surface area contributed by atoms with Gasteiger partial charge in [0.1, 0.15) is 0 Å². The Bertz CT molecular complexity index is 854. The highest BCUT2D eigenvalue weighted by Crippen LogP contribution is 2.27. The fraction of sp³-hybridized carbons (Fsp3) is 0.550. The van der Waals surface area contributed by atoms with E-state index in [9.17, 15) is 9.59 Å². The highest BCUT2D eigenvalue weighted by atomic mass is 32.2. The van der Waals surface area contributed by atoms with E-state index in [1.165, 1.54) is 11.8 Å². The van der Waals surface area contributed by atoms with Crippen molar-refractivity contribution in [2.24, 2.45) is 5.92 Å². The van der Waals surface area contributed by atoms with Gasteiger partial charge in [0.05, 0.1) is 16.2 Å². The van der Waals surface area contributed by atoms with Gasteiger partial charge in [-0.2, -0.15) is 0 Å². The number of benzene rings is 1. The molecule has 0 aliphatic carbocycles. The van der Waals surface area contributed by atoms with Crippen molar-refractivity contribution in [1.82, 2.24) is 14.5 Å². The first-order valence-electron chi connectivity index (χ1n) is 9.35. The highest BCUT2D eigenvalue weighted by Gasteiger charge is 2.27. The summed E-state index contributed by atoms with van der Waals surface area (Å²) >= 11 is 1.39. The Hall–Kier alpha value is -1.82. The SMILES string of the molecule is CC1CCN(C(=O)[C@H](C)Sc2nc3ccccc3c(=O)n2C(C)C)CC1. The second kappa shape index (κ2) is 7.82. The summed E-state index contributed by atoms with van der Waals surface area (Å²) in [6.07, 6.45) is 2.13. The molecular formula is C20H27N3O2S. The van der Waals surface area contributed by atoms with Crippen molar-refractivity contribution in [2.45, 2.75) is 57.0 Å². The van der Waals surface area contributed by atoms with Crippen LogP contribution >= 0.6 is 11.8 Å². The molecule has 1 aliphatic rings. The Morgan fingerprint density at radius 2 is 1.85 bits per heavy atom. The molecule has 0 unspecified atom stereocenters. The van der Waals surface area contributed by atoms with Crippen molar-refractivity contribution < 1.29 is 4.79 Å². The second-order valence-corrected chi connectivity index (χ2v) is 8.76. The van der Waals surface area contributed by atoms with Crippen molar-refractivity contribution in [3.63, 3.8) is 0 Å². The molecule has 0 spiro atoms. The van der Waals surface area contributed by atoms with Crippen molar-refractivity contribution in [1.29, 1.82) is 0 Å². The van der Waals surface area contributed by atoms with E-state index in [4.69, 9.17) is 4.98 Å². The van der Waals surface area contributed by atoms with Crippen LogP contribution < -0.4 is 5.56 Å². The van der Waals surface area contributed by atoms with Crippen molar-refractivity contribution in [2.75, 3.05) is 13.1 Å². The summed E-state index contributed by atoms with van der Waals surface area (Å²) in [5.74, 6) is 0.829. The molecule has 2 aromatic rings. The van der Waals surface area contributed by atoms with Gasteiger partial charge >= 0.3 is 0 Å². The number of hydrogen-bond donors (Lipinski definition) is 0. The van der Waals surface area contributed by atoms with E-state index in [1.54, 1.807) is 4.57 Å². The van der Waals surface area contributed by atoms with Gasteiger partial charge in [0.15, 0.2) is 5.16 Å². The Morgan fingerprint density at radius 1 is 1.19 bits per heavy atom. The number of para-hydroxylation sites is 1. The van der Waals surface area contributed by atoms with Crippen LogP contribution in [-0.4, -0.2) is 38.7 Å². The van der Waals surface area contributed by atoms with Crippen molar-refractivity contribution in [3.05, 3.63) is 34.6 Å². The van der Waals surface area contributed by atoms with E-state index >= 15 is 0 Å². The van der Waals surface area contributed by atoms with Crippen LogP contribution in [0.5, 0.6) is 0 Å². The van der Waals surface area contributed by atoms with Crippen LogP contribution in [-0.2, 0) is 4.79 Å². The van der Waals surface area contributed by atoms with Gasteiger partial charge in [0.25, 0.3) is 5.56 Å². The average molecular weight is 374 g/mol. The number of amides is 1. The zero-order valence-corrected chi connectivity index (χ0v) is 16.8. The second-order valence-electron chi connectivity index (χ2n) is 7.45. The molecule has 1 amide bonds. The number of likely N-dealkylation sites (tertiary alicyclic amines) is 1. The third-order valence-electron chi connectivity index (χ3n) is 5.02. The van der Waals surface area contributed by atoms with Gasteiger partial charge in [0, 0.05) is 19.1 Å². The predicted molar refractivity (Wildman–Crippen MR) is 107 cm³/mol. The number of carbonyl (C=O) groups is 1.